The molecule has 2 N–H and O–H groups in total. The summed E-state index contributed by atoms with van der Waals surface area (Å²) in [5, 5.41) is 6.65. The first-order valence-electron chi connectivity index (χ1n) is 9.10. The van der Waals surface area contributed by atoms with E-state index in [4.69, 9.17) is 21.7 Å². The Morgan fingerprint density at radius 2 is 1.68 bits per heavy atom. The van der Waals surface area contributed by atoms with Crippen molar-refractivity contribution in [2.24, 2.45) is 5.92 Å². The zero-order valence-electron chi connectivity index (χ0n) is 15.1. The molecule has 2 aliphatic heterocycles. The van der Waals surface area contributed by atoms with Gasteiger partial charge >= 0.3 is 0 Å². The topological polar surface area (TPSA) is 62.8 Å². The summed E-state index contributed by atoms with van der Waals surface area (Å²) in [4.78, 5) is 14.6. The molecule has 1 saturated heterocycles. The van der Waals surface area contributed by atoms with Crippen LogP contribution in [0.1, 0.15) is 12.8 Å². The van der Waals surface area contributed by atoms with Crippen LogP contribution in [0.25, 0.3) is 0 Å². The summed E-state index contributed by atoms with van der Waals surface area (Å²) >= 11 is 5.44. The van der Waals surface area contributed by atoms with Crippen LogP contribution in [-0.4, -0.2) is 35.8 Å². The Hall–Kier alpha value is -2.87. The second-order valence-corrected chi connectivity index (χ2v) is 7.14. The fourth-order valence-electron chi connectivity index (χ4n) is 3.30. The van der Waals surface area contributed by atoms with Gasteiger partial charge in [-0.05, 0) is 61.5 Å². The van der Waals surface area contributed by atoms with Gasteiger partial charge in [-0.1, -0.05) is 0 Å². The van der Waals surface area contributed by atoms with E-state index in [1.165, 1.54) is 12.1 Å². The highest BCUT2D eigenvalue weighted by Crippen LogP contribution is 2.34. The van der Waals surface area contributed by atoms with Crippen molar-refractivity contribution in [3.63, 3.8) is 0 Å². The third kappa shape index (κ3) is 4.17. The lowest BCUT2D eigenvalue weighted by Crippen LogP contribution is -2.43. The van der Waals surface area contributed by atoms with Crippen molar-refractivity contribution < 1.29 is 18.7 Å². The zero-order chi connectivity index (χ0) is 19.5. The third-order valence-electron chi connectivity index (χ3n) is 4.89. The van der Waals surface area contributed by atoms with Crippen LogP contribution >= 0.6 is 12.2 Å². The molecule has 0 aromatic heterocycles. The number of likely N-dealkylation sites (tertiary alicyclic amines) is 1. The molecule has 0 aliphatic carbocycles. The van der Waals surface area contributed by atoms with Crippen molar-refractivity contribution in [3.05, 3.63) is 48.3 Å². The molecule has 0 spiro atoms. The van der Waals surface area contributed by atoms with Gasteiger partial charge in [0.2, 0.25) is 12.7 Å². The number of amides is 1. The molecule has 2 aromatic carbocycles. The summed E-state index contributed by atoms with van der Waals surface area (Å²) in [5.41, 5.74) is 1.44. The van der Waals surface area contributed by atoms with Crippen molar-refractivity contribution in [2.75, 3.05) is 30.5 Å². The van der Waals surface area contributed by atoms with Crippen LogP contribution in [0.15, 0.2) is 42.5 Å². The second-order valence-electron chi connectivity index (χ2n) is 6.76. The summed E-state index contributed by atoms with van der Waals surface area (Å²) < 4.78 is 23.6. The Labute approximate surface area is 167 Å². The molecular formula is C20H20FN3O3S. The Balaban J connectivity index is 1.28. The van der Waals surface area contributed by atoms with Gasteiger partial charge in [-0.15, -0.1) is 0 Å². The molecule has 6 nitrogen and oxygen atoms in total. The number of halogens is 1. The first kappa shape index (κ1) is 18.5. The van der Waals surface area contributed by atoms with E-state index in [9.17, 15) is 9.18 Å². The number of nitrogens with one attached hydrogen (secondary N) is 2. The number of benzene rings is 2. The van der Waals surface area contributed by atoms with Gasteiger partial charge in [0.05, 0.1) is 0 Å². The summed E-state index contributed by atoms with van der Waals surface area (Å²) in [6.45, 7) is 1.58. The Morgan fingerprint density at radius 1 is 1.00 bits per heavy atom. The fourth-order valence-corrected chi connectivity index (χ4v) is 3.60. The number of piperidine rings is 1. The number of anilines is 2. The largest absolute Gasteiger partial charge is 0.454 e. The Kier molecular flexibility index (Phi) is 5.29. The maximum atomic E-state index is 13.0. The van der Waals surface area contributed by atoms with Crippen LogP contribution in [0.2, 0.25) is 0 Å². The van der Waals surface area contributed by atoms with E-state index < -0.39 is 0 Å². The van der Waals surface area contributed by atoms with Crippen LogP contribution < -0.4 is 20.1 Å². The number of hydrogen-bond donors (Lipinski definition) is 2. The van der Waals surface area contributed by atoms with Crippen molar-refractivity contribution in [1.29, 1.82) is 0 Å². The van der Waals surface area contributed by atoms with Crippen molar-refractivity contribution >= 4 is 34.6 Å². The predicted octanol–water partition coefficient (Wildman–Crippen LogP) is 3.60. The van der Waals surface area contributed by atoms with E-state index in [1.54, 1.807) is 24.3 Å². The van der Waals surface area contributed by atoms with Crippen LogP contribution in [0.4, 0.5) is 15.8 Å². The highest BCUT2D eigenvalue weighted by atomic mass is 32.1. The SMILES string of the molecule is O=C(Nc1ccc2c(c1)OCO2)C1CCN(C(=S)Nc2ccc(F)cc2)CC1. The molecule has 2 aromatic rings. The lowest BCUT2D eigenvalue weighted by molar-refractivity contribution is -0.120. The molecule has 146 valence electrons. The molecule has 2 heterocycles. The minimum Gasteiger partial charge on any atom is -0.454 e. The van der Waals surface area contributed by atoms with Crippen molar-refractivity contribution in [2.45, 2.75) is 12.8 Å². The number of carbonyl (C=O) groups is 1. The van der Waals surface area contributed by atoms with Crippen LogP contribution in [0.3, 0.4) is 0 Å². The summed E-state index contributed by atoms with van der Waals surface area (Å²) in [6.07, 6.45) is 1.42. The number of ether oxygens (including phenoxy) is 2. The van der Waals surface area contributed by atoms with E-state index in [-0.39, 0.29) is 24.4 Å². The molecule has 2 aliphatic rings. The molecule has 0 bridgehead atoms. The second kappa shape index (κ2) is 8.02. The van der Waals surface area contributed by atoms with E-state index in [0.29, 0.717) is 48.2 Å². The summed E-state index contributed by atoms with van der Waals surface area (Å²) in [7, 11) is 0. The number of nitrogens with zero attached hydrogens (tertiary/aromatic N) is 1. The van der Waals surface area contributed by atoms with Crippen molar-refractivity contribution in [3.8, 4) is 11.5 Å². The van der Waals surface area contributed by atoms with Gasteiger partial charge in [0.15, 0.2) is 16.6 Å². The van der Waals surface area contributed by atoms with E-state index in [2.05, 4.69) is 10.6 Å². The maximum absolute atomic E-state index is 13.0. The summed E-state index contributed by atoms with van der Waals surface area (Å²) in [6, 6.07) is 11.4. The Bertz CT molecular complexity index is 883. The minimum atomic E-state index is -0.286. The molecule has 1 amide bonds. The Morgan fingerprint density at radius 3 is 2.43 bits per heavy atom. The monoisotopic (exact) mass is 401 g/mol. The smallest absolute Gasteiger partial charge is 0.231 e. The van der Waals surface area contributed by atoms with E-state index in [0.717, 1.165) is 5.69 Å². The van der Waals surface area contributed by atoms with Crippen LogP contribution in [-0.2, 0) is 4.79 Å². The predicted molar refractivity (Wildman–Crippen MR) is 108 cm³/mol. The van der Waals surface area contributed by atoms with Gasteiger partial charge in [0, 0.05) is 36.4 Å². The third-order valence-corrected chi connectivity index (χ3v) is 5.25. The molecule has 0 atom stereocenters. The van der Waals surface area contributed by atoms with Crippen molar-refractivity contribution in [1.82, 2.24) is 4.90 Å². The lowest BCUT2D eigenvalue weighted by Gasteiger charge is -2.33. The van der Waals surface area contributed by atoms with Crippen LogP contribution in [0, 0.1) is 11.7 Å². The molecular weight excluding hydrogens is 381 g/mol. The maximum Gasteiger partial charge on any atom is 0.231 e. The minimum absolute atomic E-state index is 0.00377. The molecule has 28 heavy (non-hydrogen) atoms. The molecule has 1 fully saturated rings. The quantitative estimate of drug-likeness (QED) is 0.767. The van der Waals surface area contributed by atoms with Gasteiger partial charge in [-0.2, -0.15) is 0 Å². The molecule has 0 unspecified atom stereocenters. The van der Waals surface area contributed by atoms with Gasteiger partial charge in [-0.25, -0.2) is 4.39 Å². The highest BCUT2D eigenvalue weighted by molar-refractivity contribution is 7.80. The molecule has 8 heteroatoms. The van der Waals surface area contributed by atoms with E-state index >= 15 is 0 Å². The van der Waals surface area contributed by atoms with Crippen LogP contribution in [0.5, 0.6) is 11.5 Å². The average Bonchev–Trinajstić information content (AvgIpc) is 3.17. The number of rotatable bonds is 3. The number of hydrogen-bond acceptors (Lipinski definition) is 4. The normalized spacial score (nSPS) is 16.0. The first-order valence-corrected chi connectivity index (χ1v) is 9.51. The van der Waals surface area contributed by atoms with Gasteiger partial charge in [0.1, 0.15) is 5.82 Å². The van der Waals surface area contributed by atoms with E-state index in [1.807, 2.05) is 11.0 Å². The first-order chi connectivity index (χ1) is 13.6. The lowest BCUT2D eigenvalue weighted by atomic mass is 9.96. The zero-order valence-corrected chi connectivity index (χ0v) is 15.9. The summed E-state index contributed by atoms with van der Waals surface area (Å²) in [5.74, 6) is 0.968. The number of fused-ring (bicyclic) bond motifs is 1. The number of thiocarbonyl (C=S) groups is 1. The fraction of sp³-hybridized carbons (Fsp3) is 0.300. The molecule has 0 radical (unpaired) electrons. The van der Waals surface area contributed by atoms with Gasteiger partial charge in [-0.3, -0.25) is 4.79 Å². The molecule has 0 saturated carbocycles. The standard InChI is InChI=1S/C20H20FN3O3S/c21-14-1-3-15(4-2-14)23-20(28)24-9-7-13(8-10-24)19(25)22-16-5-6-17-18(11-16)27-12-26-17/h1-6,11,13H,7-10,12H2,(H,22,25)(H,23,28). The number of carbonyl (C=O) groups excluding carboxylic acids is 1. The van der Waals surface area contributed by atoms with Gasteiger partial charge < -0.3 is 25.0 Å². The van der Waals surface area contributed by atoms with Gasteiger partial charge in [0.25, 0.3) is 0 Å². The average molecular weight is 401 g/mol. The molecule has 4 rings (SSSR count). The highest BCUT2D eigenvalue weighted by Gasteiger charge is 2.26.